The molecule has 0 saturated carbocycles. The quantitative estimate of drug-likeness (QED) is 0.846. The van der Waals surface area contributed by atoms with Crippen LogP contribution in [0.5, 0.6) is 0 Å². The lowest BCUT2D eigenvalue weighted by molar-refractivity contribution is 0.0141. The van der Waals surface area contributed by atoms with E-state index in [1.807, 2.05) is 20.8 Å². The van der Waals surface area contributed by atoms with Crippen LogP contribution in [0, 0.1) is 0 Å². The zero-order valence-corrected chi connectivity index (χ0v) is 16.9. The van der Waals surface area contributed by atoms with Crippen molar-refractivity contribution in [2.45, 2.75) is 26.4 Å². The van der Waals surface area contributed by atoms with E-state index in [2.05, 4.69) is 5.32 Å². The van der Waals surface area contributed by atoms with Crippen molar-refractivity contribution < 1.29 is 23.5 Å². The van der Waals surface area contributed by atoms with Crippen molar-refractivity contribution in [3.63, 3.8) is 0 Å². The Balaban J connectivity index is 1.54. The Hall–Kier alpha value is -2.81. The van der Waals surface area contributed by atoms with Gasteiger partial charge in [-0.25, -0.2) is 4.79 Å². The minimum Gasteiger partial charge on any atom is -0.459 e. The molecule has 1 aliphatic rings. The summed E-state index contributed by atoms with van der Waals surface area (Å²) in [5.41, 5.74) is -0.544. The van der Waals surface area contributed by atoms with Crippen molar-refractivity contribution >= 4 is 34.2 Å². The van der Waals surface area contributed by atoms with Gasteiger partial charge in [0.15, 0.2) is 5.76 Å². The van der Waals surface area contributed by atoms with Gasteiger partial charge in [-0.15, -0.1) is 11.3 Å². The van der Waals surface area contributed by atoms with Crippen LogP contribution in [0.3, 0.4) is 0 Å². The summed E-state index contributed by atoms with van der Waals surface area (Å²) in [7, 11) is 0. The number of carbonyl (C=O) groups excluding carboxylic acids is 3. The third kappa shape index (κ3) is 4.92. The maximum atomic E-state index is 12.7. The molecule has 1 aliphatic heterocycles. The van der Waals surface area contributed by atoms with Gasteiger partial charge in [0, 0.05) is 26.2 Å². The number of hydrogen-bond donors (Lipinski definition) is 1. The summed E-state index contributed by atoms with van der Waals surface area (Å²) < 4.78 is 10.4. The Bertz CT molecular complexity index is 845. The maximum absolute atomic E-state index is 12.7. The highest BCUT2D eigenvalue weighted by Crippen LogP contribution is 2.24. The van der Waals surface area contributed by atoms with Crippen LogP contribution in [0.2, 0.25) is 0 Å². The molecule has 3 heterocycles. The number of furan rings is 1. The highest BCUT2D eigenvalue weighted by atomic mass is 32.1. The zero-order valence-electron chi connectivity index (χ0n) is 16.1. The summed E-state index contributed by atoms with van der Waals surface area (Å²) >= 11 is 1.21. The standard InChI is InChI=1S/C19H23N3O5S/c1-19(2,3)27-18(25)22-10-8-21(9-11-22)17(24)14-6-7-15(28-14)20-16(23)13-5-4-12-26-13/h4-7,12H,8-11H2,1-3H3,(H,20,23). The summed E-state index contributed by atoms with van der Waals surface area (Å²) in [5, 5.41) is 3.28. The average Bonchev–Trinajstić information content (AvgIpc) is 3.32. The van der Waals surface area contributed by atoms with Gasteiger partial charge in [-0.2, -0.15) is 0 Å². The molecule has 8 nitrogen and oxygen atoms in total. The molecule has 1 saturated heterocycles. The van der Waals surface area contributed by atoms with Gasteiger partial charge in [-0.1, -0.05) is 0 Å². The molecule has 3 amide bonds. The van der Waals surface area contributed by atoms with Gasteiger partial charge in [0.2, 0.25) is 0 Å². The van der Waals surface area contributed by atoms with Crippen LogP contribution in [0.1, 0.15) is 41.0 Å². The summed E-state index contributed by atoms with van der Waals surface area (Å²) in [4.78, 5) is 40.7. The topological polar surface area (TPSA) is 92.1 Å². The summed E-state index contributed by atoms with van der Waals surface area (Å²) in [6, 6.07) is 6.58. The second-order valence-corrected chi connectivity index (χ2v) is 8.44. The van der Waals surface area contributed by atoms with Gasteiger partial charge in [0.05, 0.1) is 16.1 Å². The maximum Gasteiger partial charge on any atom is 0.410 e. The van der Waals surface area contributed by atoms with Gasteiger partial charge < -0.3 is 24.3 Å². The Labute approximate surface area is 167 Å². The number of hydrogen-bond acceptors (Lipinski definition) is 6. The first-order valence-electron chi connectivity index (χ1n) is 8.95. The van der Waals surface area contributed by atoms with E-state index in [9.17, 15) is 14.4 Å². The van der Waals surface area contributed by atoms with E-state index in [-0.39, 0.29) is 23.7 Å². The molecule has 3 rings (SSSR count). The van der Waals surface area contributed by atoms with Crippen LogP contribution in [-0.4, -0.2) is 59.5 Å². The Morgan fingerprint density at radius 3 is 2.36 bits per heavy atom. The molecule has 0 bridgehead atoms. The Morgan fingerprint density at radius 1 is 1.07 bits per heavy atom. The molecule has 9 heteroatoms. The smallest absolute Gasteiger partial charge is 0.410 e. The fourth-order valence-electron chi connectivity index (χ4n) is 2.68. The average molecular weight is 405 g/mol. The SMILES string of the molecule is CC(C)(C)OC(=O)N1CCN(C(=O)c2ccc(NC(=O)c3ccco3)s2)CC1. The van der Waals surface area contributed by atoms with Crippen molar-refractivity contribution in [3.8, 4) is 0 Å². The van der Waals surface area contributed by atoms with Crippen LogP contribution in [0.25, 0.3) is 0 Å². The number of anilines is 1. The number of amides is 3. The van der Waals surface area contributed by atoms with E-state index in [1.165, 1.54) is 17.6 Å². The molecule has 28 heavy (non-hydrogen) atoms. The van der Waals surface area contributed by atoms with Crippen molar-refractivity contribution in [3.05, 3.63) is 41.2 Å². The summed E-state index contributed by atoms with van der Waals surface area (Å²) in [6.07, 6.45) is 1.06. The molecule has 1 fully saturated rings. The van der Waals surface area contributed by atoms with Crippen LogP contribution in [-0.2, 0) is 4.74 Å². The van der Waals surface area contributed by atoms with Gasteiger partial charge in [-0.3, -0.25) is 9.59 Å². The third-order valence-corrected chi connectivity index (χ3v) is 5.01. The molecular weight excluding hydrogens is 382 g/mol. The first-order chi connectivity index (χ1) is 13.2. The summed E-state index contributed by atoms with van der Waals surface area (Å²) in [5.74, 6) is -0.274. The molecule has 0 spiro atoms. The van der Waals surface area contributed by atoms with Gasteiger partial charge in [-0.05, 0) is 45.0 Å². The largest absolute Gasteiger partial charge is 0.459 e. The minimum atomic E-state index is -0.544. The second kappa shape index (κ2) is 8.05. The predicted molar refractivity (Wildman–Crippen MR) is 105 cm³/mol. The van der Waals surface area contributed by atoms with E-state index in [4.69, 9.17) is 9.15 Å². The van der Waals surface area contributed by atoms with Gasteiger partial charge in [0.1, 0.15) is 5.60 Å². The van der Waals surface area contributed by atoms with Crippen LogP contribution >= 0.6 is 11.3 Å². The Kier molecular flexibility index (Phi) is 5.73. The number of nitrogens with one attached hydrogen (secondary N) is 1. The fourth-order valence-corrected chi connectivity index (χ4v) is 3.54. The molecule has 150 valence electrons. The second-order valence-electron chi connectivity index (χ2n) is 7.35. The molecule has 0 radical (unpaired) electrons. The van der Waals surface area contributed by atoms with E-state index in [1.54, 1.807) is 34.1 Å². The van der Waals surface area contributed by atoms with Crippen molar-refractivity contribution in [2.24, 2.45) is 0 Å². The van der Waals surface area contributed by atoms with Crippen molar-refractivity contribution in [1.29, 1.82) is 0 Å². The molecule has 0 aliphatic carbocycles. The van der Waals surface area contributed by atoms with E-state index in [0.717, 1.165) is 0 Å². The highest BCUT2D eigenvalue weighted by Gasteiger charge is 2.28. The van der Waals surface area contributed by atoms with Gasteiger partial charge in [0.25, 0.3) is 11.8 Å². The van der Waals surface area contributed by atoms with Gasteiger partial charge >= 0.3 is 6.09 Å². The first-order valence-corrected chi connectivity index (χ1v) is 9.76. The van der Waals surface area contributed by atoms with E-state index in [0.29, 0.717) is 36.1 Å². The molecule has 0 aromatic carbocycles. The number of carbonyl (C=O) groups is 3. The number of nitrogens with zero attached hydrogens (tertiary/aromatic N) is 2. The number of rotatable bonds is 3. The normalized spacial score (nSPS) is 14.7. The molecular formula is C19H23N3O5S. The van der Waals surface area contributed by atoms with Crippen LogP contribution in [0.15, 0.2) is 34.9 Å². The lowest BCUT2D eigenvalue weighted by Gasteiger charge is -2.35. The third-order valence-electron chi connectivity index (χ3n) is 4.02. The lowest BCUT2D eigenvalue weighted by atomic mass is 10.2. The van der Waals surface area contributed by atoms with Crippen molar-refractivity contribution in [2.75, 3.05) is 31.5 Å². The number of ether oxygens (including phenoxy) is 1. The van der Waals surface area contributed by atoms with E-state index >= 15 is 0 Å². The lowest BCUT2D eigenvalue weighted by Crippen LogP contribution is -2.51. The number of piperazine rings is 1. The first kappa shape index (κ1) is 19.9. The van der Waals surface area contributed by atoms with Crippen LogP contribution < -0.4 is 5.32 Å². The molecule has 0 atom stereocenters. The molecule has 1 N–H and O–H groups in total. The zero-order chi connectivity index (χ0) is 20.3. The summed E-state index contributed by atoms with van der Waals surface area (Å²) in [6.45, 7) is 7.19. The van der Waals surface area contributed by atoms with Crippen LogP contribution in [0.4, 0.5) is 9.80 Å². The highest BCUT2D eigenvalue weighted by molar-refractivity contribution is 7.18. The molecule has 2 aromatic heterocycles. The van der Waals surface area contributed by atoms with E-state index < -0.39 is 5.60 Å². The number of thiophene rings is 1. The molecule has 2 aromatic rings. The predicted octanol–water partition coefficient (Wildman–Crippen LogP) is 3.29. The minimum absolute atomic E-state index is 0.118. The fraction of sp³-hybridized carbons (Fsp3) is 0.421. The monoisotopic (exact) mass is 405 g/mol. The van der Waals surface area contributed by atoms with Crippen molar-refractivity contribution in [1.82, 2.24) is 9.80 Å². The Morgan fingerprint density at radius 2 is 1.75 bits per heavy atom. The molecule has 0 unspecified atom stereocenters.